The summed E-state index contributed by atoms with van der Waals surface area (Å²) < 4.78 is 0. The topological polar surface area (TPSA) is 37.8 Å². The molecule has 4 heteroatoms. The van der Waals surface area contributed by atoms with Gasteiger partial charge in [0.15, 0.2) is 0 Å². The molecule has 1 heterocycles. The summed E-state index contributed by atoms with van der Waals surface area (Å²) in [6, 6.07) is 0.402. The SMILES string of the molecule is CCCCCCC(C)Nc1nc(C(C)(C)C)nc(Cl)c1C. The van der Waals surface area contributed by atoms with Crippen LogP contribution in [0.4, 0.5) is 5.82 Å². The number of nitrogens with one attached hydrogen (secondary N) is 1. The van der Waals surface area contributed by atoms with Crippen molar-refractivity contribution in [1.29, 1.82) is 0 Å². The molecule has 0 spiro atoms. The van der Waals surface area contributed by atoms with E-state index in [-0.39, 0.29) is 5.41 Å². The number of unbranched alkanes of at least 4 members (excludes halogenated alkanes) is 3. The fourth-order valence-corrected chi connectivity index (χ4v) is 2.32. The summed E-state index contributed by atoms with van der Waals surface area (Å²) in [7, 11) is 0. The Labute approximate surface area is 134 Å². The molecule has 0 radical (unpaired) electrons. The van der Waals surface area contributed by atoms with Gasteiger partial charge in [-0.15, -0.1) is 0 Å². The lowest BCUT2D eigenvalue weighted by molar-refractivity contribution is 0.543. The predicted octanol–water partition coefficient (Wildman–Crippen LogP) is 5.51. The van der Waals surface area contributed by atoms with Gasteiger partial charge in [-0.25, -0.2) is 9.97 Å². The fourth-order valence-electron chi connectivity index (χ4n) is 2.15. The summed E-state index contributed by atoms with van der Waals surface area (Å²) in [5.41, 5.74) is 0.836. The van der Waals surface area contributed by atoms with Gasteiger partial charge in [0.25, 0.3) is 0 Å². The maximum Gasteiger partial charge on any atom is 0.137 e. The van der Waals surface area contributed by atoms with Gasteiger partial charge >= 0.3 is 0 Å². The Morgan fingerprint density at radius 3 is 2.38 bits per heavy atom. The fraction of sp³-hybridized carbons (Fsp3) is 0.765. The van der Waals surface area contributed by atoms with Gasteiger partial charge in [-0.1, -0.05) is 65.0 Å². The lowest BCUT2D eigenvalue weighted by Gasteiger charge is -2.21. The molecule has 0 aromatic carbocycles. The zero-order valence-electron chi connectivity index (χ0n) is 14.4. The van der Waals surface area contributed by atoms with E-state index in [0.717, 1.165) is 23.6 Å². The van der Waals surface area contributed by atoms with Crippen molar-refractivity contribution < 1.29 is 0 Å². The van der Waals surface area contributed by atoms with E-state index in [2.05, 4.69) is 49.9 Å². The number of halogens is 1. The molecule has 1 unspecified atom stereocenters. The van der Waals surface area contributed by atoms with E-state index >= 15 is 0 Å². The van der Waals surface area contributed by atoms with Crippen LogP contribution in [0.25, 0.3) is 0 Å². The Balaban J connectivity index is 2.75. The molecule has 1 aromatic heterocycles. The normalized spacial score (nSPS) is 13.3. The minimum atomic E-state index is -0.0991. The summed E-state index contributed by atoms with van der Waals surface area (Å²) in [6.45, 7) is 12.7. The van der Waals surface area contributed by atoms with Crippen molar-refractivity contribution >= 4 is 17.4 Å². The molecule has 120 valence electrons. The number of aromatic nitrogens is 2. The minimum Gasteiger partial charge on any atom is -0.367 e. The molecule has 3 nitrogen and oxygen atoms in total. The zero-order chi connectivity index (χ0) is 16.0. The van der Waals surface area contributed by atoms with E-state index in [0.29, 0.717) is 11.2 Å². The smallest absolute Gasteiger partial charge is 0.137 e. The average molecular weight is 312 g/mol. The minimum absolute atomic E-state index is 0.0991. The standard InChI is InChI=1S/C17H30ClN3/c1-7-8-9-10-11-12(2)19-15-13(3)14(18)20-16(21-15)17(4,5)6/h12H,7-11H2,1-6H3,(H,19,20,21). The second-order valence-corrected chi connectivity index (χ2v) is 7.31. The first kappa shape index (κ1) is 18.2. The van der Waals surface area contributed by atoms with Gasteiger partial charge in [0.1, 0.15) is 16.8 Å². The van der Waals surface area contributed by atoms with E-state index in [1.807, 2.05) is 6.92 Å². The van der Waals surface area contributed by atoms with Crippen LogP contribution in [0.5, 0.6) is 0 Å². The predicted molar refractivity (Wildman–Crippen MR) is 92.3 cm³/mol. The third kappa shape index (κ3) is 5.82. The third-order valence-electron chi connectivity index (χ3n) is 3.63. The molecule has 1 aromatic rings. The highest BCUT2D eigenvalue weighted by atomic mass is 35.5. The van der Waals surface area contributed by atoms with Crippen molar-refractivity contribution in [3.05, 3.63) is 16.5 Å². The Kier molecular flexibility index (Phi) is 6.92. The van der Waals surface area contributed by atoms with E-state index in [9.17, 15) is 0 Å². The van der Waals surface area contributed by atoms with Gasteiger partial charge in [-0.05, 0) is 20.3 Å². The van der Waals surface area contributed by atoms with Crippen molar-refractivity contribution in [3.8, 4) is 0 Å². The molecule has 0 bridgehead atoms. The zero-order valence-corrected chi connectivity index (χ0v) is 15.1. The van der Waals surface area contributed by atoms with Crippen LogP contribution < -0.4 is 5.32 Å². The Morgan fingerprint density at radius 2 is 1.81 bits per heavy atom. The molecular weight excluding hydrogens is 282 g/mol. The molecule has 1 rings (SSSR count). The van der Waals surface area contributed by atoms with Gasteiger partial charge < -0.3 is 5.32 Å². The first-order chi connectivity index (χ1) is 9.75. The van der Waals surface area contributed by atoms with Crippen molar-refractivity contribution in [2.75, 3.05) is 5.32 Å². The second-order valence-electron chi connectivity index (χ2n) is 6.96. The molecular formula is C17H30ClN3. The maximum absolute atomic E-state index is 6.26. The van der Waals surface area contributed by atoms with Crippen LogP contribution in [-0.2, 0) is 5.41 Å². The number of anilines is 1. The van der Waals surface area contributed by atoms with Crippen LogP contribution in [0.2, 0.25) is 5.15 Å². The van der Waals surface area contributed by atoms with Crippen molar-refractivity contribution in [2.45, 2.75) is 85.1 Å². The molecule has 0 aliphatic heterocycles. The van der Waals surface area contributed by atoms with Crippen molar-refractivity contribution in [3.63, 3.8) is 0 Å². The van der Waals surface area contributed by atoms with Crippen LogP contribution in [0.1, 0.15) is 78.1 Å². The molecule has 0 saturated carbocycles. The third-order valence-corrected chi connectivity index (χ3v) is 4.00. The molecule has 0 aliphatic rings. The summed E-state index contributed by atoms with van der Waals surface area (Å²) in [5, 5.41) is 4.06. The van der Waals surface area contributed by atoms with Crippen molar-refractivity contribution in [1.82, 2.24) is 9.97 Å². The number of rotatable bonds is 7. The largest absolute Gasteiger partial charge is 0.367 e. The van der Waals surface area contributed by atoms with Gasteiger partial charge in [0.2, 0.25) is 0 Å². The number of hydrogen-bond acceptors (Lipinski definition) is 3. The molecule has 0 fully saturated rings. The van der Waals surface area contributed by atoms with Crippen molar-refractivity contribution in [2.24, 2.45) is 0 Å². The van der Waals surface area contributed by atoms with Gasteiger partial charge in [0.05, 0.1) is 0 Å². The number of hydrogen-bond donors (Lipinski definition) is 1. The Bertz CT molecular complexity index is 452. The summed E-state index contributed by atoms with van der Waals surface area (Å²) in [4.78, 5) is 9.09. The molecule has 0 aliphatic carbocycles. The Hall–Kier alpha value is -0.830. The molecule has 21 heavy (non-hydrogen) atoms. The second kappa shape index (κ2) is 7.98. The first-order valence-electron chi connectivity index (χ1n) is 8.06. The average Bonchev–Trinajstić information content (AvgIpc) is 2.38. The Morgan fingerprint density at radius 1 is 1.14 bits per heavy atom. The highest BCUT2D eigenvalue weighted by molar-refractivity contribution is 6.30. The molecule has 0 amide bonds. The molecule has 1 atom stereocenters. The van der Waals surface area contributed by atoms with E-state index in [4.69, 9.17) is 11.6 Å². The highest BCUT2D eigenvalue weighted by Gasteiger charge is 2.21. The van der Waals surface area contributed by atoms with Crippen LogP contribution in [0.15, 0.2) is 0 Å². The van der Waals surface area contributed by atoms with Crippen LogP contribution in [0.3, 0.4) is 0 Å². The molecule has 0 saturated heterocycles. The quantitative estimate of drug-likeness (QED) is 0.533. The van der Waals surface area contributed by atoms with Crippen LogP contribution in [-0.4, -0.2) is 16.0 Å². The lowest BCUT2D eigenvalue weighted by Crippen LogP contribution is -2.21. The van der Waals surface area contributed by atoms with E-state index in [1.165, 1.54) is 25.7 Å². The lowest BCUT2D eigenvalue weighted by atomic mass is 9.95. The highest BCUT2D eigenvalue weighted by Crippen LogP contribution is 2.26. The summed E-state index contributed by atoms with van der Waals surface area (Å²) >= 11 is 6.26. The van der Waals surface area contributed by atoms with Crippen LogP contribution >= 0.6 is 11.6 Å². The van der Waals surface area contributed by atoms with Gasteiger partial charge in [-0.3, -0.25) is 0 Å². The first-order valence-corrected chi connectivity index (χ1v) is 8.44. The number of nitrogens with zero attached hydrogens (tertiary/aromatic N) is 2. The van der Waals surface area contributed by atoms with Gasteiger partial charge in [0, 0.05) is 17.0 Å². The maximum atomic E-state index is 6.26. The summed E-state index contributed by atoms with van der Waals surface area (Å²) in [5.74, 6) is 1.67. The van der Waals surface area contributed by atoms with Crippen LogP contribution in [0, 0.1) is 6.92 Å². The summed E-state index contributed by atoms with van der Waals surface area (Å²) in [6.07, 6.45) is 6.31. The van der Waals surface area contributed by atoms with Gasteiger partial charge in [-0.2, -0.15) is 0 Å². The van der Waals surface area contributed by atoms with E-state index in [1.54, 1.807) is 0 Å². The van der Waals surface area contributed by atoms with E-state index < -0.39 is 0 Å². The monoisotopic (exact) mass is 311 g/mol. The molecule has 1 N–H and O–H groups in total.